The Morgan fingerprint density at radius 1 is 1.00 bits per heavy atom. The lowest BCUT2D eigenvalue weighted by atomic mass is 10.1. The summed E-state index contributed by atoms with van der Waals surface area (Å²) < 4.78 is 23.3. The molecule has 0 radical (unpaired) electrons. The maximum atomic E-state index is 6.18. The number of morpholine rings is 1. The van der Waals surface area contributed by atoms with Gasteiger partial charge in [-0.15, -0.1) is 0 Å². The maximum absolute atomic E-state index is 6.18. The van der Waals surface area contributed by atoms with Crippen molar-refractivity contribution >= 4 is 17.0 Å². The van der Waals surface area contributed by atoms with Crippen molar-refractivity contribution in [2.24, 2.45) is 0 Å². The highest BCUT2D eigenvalue weighted by atomic mass is 16.5. The van der Waals surface area contributed by atoms with E-state index in [1.165, 1.54) is 5.57 Å². The number of pyridine rings is 1. The summed E-state index contributed by atoms with van der Waals surface area (Å²) in [5.41, 5.74) is 3.13. The smallest absolute Gasteiger partial charge is 0.138 e. The van der Waals surface area contributed by atoms with Crippen LogP contribution in [0.1, 0.15) is 26.3 Å². The molecule has 0 atom stereocenters. The minimum atomic E-state index is 0.614. The fourth-order valence-corrected chi connectivity index (χ4v) is 3.85. The van der Waals surface area contributed by atoms with Crippen LogP contribution in [0.25, 0.3) is 17.0 Å². The van der Waals surface area contributed by atoms with E-state index >= 15 is 0 Å². The molecule has 0 N–H and O–H groups in total. The summed E-state index contributed by atoms with van der Waals surface area (Å²) in [6, 6.07) is 13.7. The summed E-state index contributed by atoms with van der Waals surface area (Å²) >= 11 is 0. The third kappa shape index (κ3) is 5.83. The van der Waals surface area contributed by atoms with E-state index in [1.807, 2.05) is 56.3 Å². The van der Waals surface area contributed by atoms with Gasteiger partial charge in [-0.25, -0.2) is 0 Å². The minimum Gasteiger partial charge on any atom is -0.492 e. The van der Waals surface area contributed by atoms with Crippen LogP contribution in [-0.2, 0) is 4.74 Å². The Labute approximate surface area is 195 Å². The standard InChI is InChI=1S/C25H26N2O4.C2H6/c1-18-14-19-2-3-21(16-25(19)30-17-18)31-24-6-7-26-23-15-20(4-5-22(23)24)29-13-10-27-8-11-28-12-9-27;1-2/h2-7,14-16H,8-13,17H2,1H3;1-2H3. The molecule has 33 heavy (non-hydrogen) atoms. The van der Waals surface area contributed by atoms with Crippen molar-refractivity contribution in [2.45, 2.75) is 20.8 Å². The van der Waals surface area contributed by atoms with Crippen LogP contribution in [0.5, 0.6) is 23.0 Å². The van der Waals surface area contributed by atoms with Gasteiger partial charge in [0.2, 0.25) is 0 Å². The summed E-state index contributed by atoms with van der Waals surface area (Å²) in [4.78, 5) is 6.86. The normalized spacial score (nSPS) is 15.5. The highest BCUT2D eigenvalue weighted by Crippen LogP contribution is 2.35. The molecule has 6 heteroatoms. The molecule has 0 spiro atoms. The SMILES string of the molecule is CC.CC1=Cc2ccc(Oc3ccnc4cc(OCCN5CCOCC5)ccc34)cc2OC1. The zero-order valence-electron chi connectivity index (χ0n) is 19.7. The molecule has 3 aromatic rings. The molecule has 6 nitrogen and oxygen atoms in total. The number of hydrogen-bond acceptors (Lipinski definition) is 6. The van der Waals surface area contributed by atoms with E-state index < -0.39 is 0 Å². The fourth-order valence-electron chi connectivity index (χ4n) is 3.85. The first kappa shape index (κ1) is 23.1. The summed E-state index contributed by atoms with van der Waals surface area (Å²) in [5, 5.41) is 0.942. The summed E-state index contributed by atoms with van der Waals surface area (Å²) in [7, 11) is 0. The summed E-state index contributed by atoms with van der Waals surface area (Å²) in [5.74, 6) is 3.16. The molecule has 174 valence electrons. The van der Waals surface area contributed by atoms with Crippen LogP contribution in [0, 0.1) is 0 Å². The topological polar surface area (TPSA) is 53.1 Å². The van der Waals surface area contributed by atoms with E-state index in [4.69, 9.17) is 18.9 Å². The van der Waals surface area contributed by atoms with Gasteiger partial charge in [0.05, 0.1) is 18.7 Å². The van der Waals surface area contributed by atoms with E-state index in [2.05, 4.69) is 22.9 Å². The van der Waals surface area contributed by atoms with Crippen molar-refractivity contribution in [1.29, 1.82) is 0 Å². The Morgan fingerprint density at radius 2 is 1.82 bits per heavy atom. The quantitative estimate of drug-likeness (QED) is 0.492. The minimum absolute atomic E-state index is 0.614. The van der Waals surface area contributed by atoms with Crippen LogP contribution >= 0.6 is 0 Å². The van der Waals surface area contributed by atoms with Gasteiger partial charge in [-0.1, -0.05) is 13.8 Å². The van der Waals surface area contributed by atoms with Gasteiger partial charge in [0.1, 0.15) is 36.2 Å². The highest BCUT2D eigenvalue weighted by molar-refractivity contribution is 5.86. The number of fused-ring (bicyclic) bond motifs is 2. The van der Waals surface area contributed by atoms with Crippen LogP contribution in [-0.4, -0.2) is 55.9 Å². The Bertz CT molecular complexity index is 1110. The first-order valence-corrected chi connectivity index (χ1v) is 11.7. The first-order chi connectivity index (χ1) is 16.2. The largest absolute Gasteiger partial charge is 0.492 e. The molecule has 1 saturated heterocycles. The Balaban J connectivity index is 0.00000126. The van der Waals surface area contributed by atoms with Gasteiger partial charge in [0.15, 0.2) is 0 Å². The lowest BCUT2D eigenvalue weighted by Gasteiger charge is -2.26. The molecule has 1 aromatic heterocycles. The lowest BCUT2D eigenvalue weighted by molar-refractivity contribution is 0.0322. The predicted molar refractivity (Wildman–Crippen MR) is 132 cm³/mol. The molecule has 0 unspecified atom stereocenters. The second kappa shape index (κ2) is 11.2. The van der Waals surface area contributed by atoms with Crippen molar-refractivity contribution in [3.63, 3.8) is 0 Å². The molecule has 3 heterocycles. The third-order valence-corrected chi connectivity index (χ3v) is 5.52. The molecule has 5 rings (SSSR count). The van der Waals surface area contributed by atoms with E-state index in [0.717, 1.165) is 72.3 Å². The zero-order chi connectivity index (χ0) is 23.0. The van der Waals surface area contributed by atoms with E-state index in [9.17, 15) is 0 Å². The average Bonchev–Trinajstić information content (AvgIpc) is 2.86. The number of benzene rings is 2. The predicted octanol–water partition coefficient (Wildman–Crippen LogP) is 5.56. The number of ether oxygens (including phenoxy) is 4. The molecule has 2 aromatic carbocycles. The molecule has 0 amide bonds. The van der Waals surface area contributed by atoms with Crippen molar-refractivity contribution in [3.8, 4) is 23.0 Å². The molecule has 0 bridgehead atoms. The molecule has 2 aliphatic rings. The Hall–Kier alpha value is -3.09. The fraction of sp³-hybridized carbons (Fsp3) is 0.370. The van der Waals surface area contributed by atoms with Gasteiger partial charge >= 0.3 is 0 Å². The monoisotopic (exact) mass is 448 g/mol. The van der Waals surface area contributed by atoms with Gasteiger partial charge in [-0.3, -0.25) is 9.88 Å². The van der Waals surface area contributed by atoms with E-state index in [1.54, 1.807) is 6.20 Å². The highest BCUT2D eigenvalue weighted by Gasteiger charge is 2.13. The van der Waals surface area contributed by atoms with Crippen LogP contribution in [0.2, 0.25) is 0 Å². The van der Waals surface area contributed by atoms with Crippen molar-refractivity contribution in [3.05, 3.63) is 59.8 Å². The number of hydrogen-bond donors (Lipinski definition) is 0. The van der Waals surface area contributed by atoms with Crippen LogP contribution in [0.4, 0.5) is 0 Å². The second-order valence-corrected chi connectivity index (χ2v) is 7.87. The van der Waals surface area contributed by atoms with Crippen molar-refractivity contribution < 1.29 is 18.9 Å². The number of aromatic nitrogens is 1. The van der Waals surface area contributed by atoms with E-state index in [0.29, 0.717) is 13.2 Å². The molecule has 0 aliphatic carbocycles. The maximum Gasteiger partial charge on any atom is 0.138 e. The molecule has 1 fully saturated rings. The van der Waals surface area contributed by atoms with Gasteiger partial charge in [-0.2, -0.15) is 0 Å². The van der Waals surface area contributed by atoms with Crippen molar-refractivity contribution in [2.75, 3.05) is 46.1 Å². The van der Waals surface area contributed by atoms with Crippen LogP contribution in [0.3, 0.4) is 0 Å². The molecular formula is C27H32N2O4. The van der Waals surface area contributed by atoms with Gasteiger partial charge in [0, 0.05) is 48.9 Å². The average molecular weight is 449 g/mol. The van der Waals surface area contributed by atoms with E-state index in [-0.39, 0.29) is 0 Å². The Morgan fingerprint density at radius 3 is 2.67 bits per heavy atom. The number of rotatable bonds is 6. The summed E-state index contributed by atoms with van der Waals surface area (Å²) in [6.07, 6.45) is 3.90. The second-order valence-electron chi connectivity index (χ2n) is 7.87. The third-order valence-electron chi connectivity index (χ3n) is 5.52. The number of nitrogens with zero attached hydrogens (tertiary/aromatic N) is 2. The zero-order valence-corrected chi connectivity index (χ0v) is 19.7. The van der Waals surface area contributed by atoms with Crippen molar-refractivity contribution in [1.82, 2.24) is 9.88 Å². The van der Waals surface area contributed by atoms with Crippen LogP contribution < -0.4 is 14.2 Å². The molecule has 2 aliphatic heterocycles. The lowest BCUT2D eigenvalue weighted by Crippen LogP contribution is -2.38. The molecular weight excluding hydrogens is 416 g/mol. The van der Waals surface area contributed by atoms with Gasteiger partial charge in [-0.05, 0) is 48.9 Å². The van der Waals surface area contributed by atoms with Gasteiger partial charge < -0.3 is 18.9 Å². The summed E-state index contributed by atoms with van der Waals surface area (Å²) in [6.45, 7) is 11.8. The van der Waals surface area contributed by atoms with Crippen LogP contribution in [0.15, 0.2) is 54.2 Å². The molecule has 0 saturated carbocycles. The Kier molecular flexibility index (Phi) is 7.81. The van der Waals surface area contributed by atoms with Gasteiger partial charge in [0.25, 0.3) is 0 Å². The first-order valence-electron chi connectivity index (χ1n) is 11.7.